The molecule has 6 heteroatoms. The fraction of sp³-hybridized carbons (Fsp3) is 0.667. The lowest BCUT2D eigenvalue weighted by molar-refractivity contribution is 0.0783. The molecule has 1 saturated heterocycles. The van der Waals surface area contributed by atoms with Crippen LogP contribution in [0.4, 0.5) is 5.95 Å². The highest BCUT2D eigenvalue weighted by atomic mass is 16.2. The summed E-state index contributed by atoms with van der Waals surface area (Å²) in [5, 5.41) is 2.98. The van der Waals surface area contributed by atoms with Crippen LogP contribution in [0.1, 0.15) is 41.5 Å². The Balaban J connectivity index is 1.99. The lowest BCUT2D eigenvalue weighted by Crippen LogP contribution is -2.36. The summed E-state index contributed by atoms with van der Waals surface area (Å²) in [4.78, 5) is 26.1. The lowest BCUT2D eigenvalue weighted by atomic mass is 10.0. The maximum atomic E-state index is 12.8. The van der Waals surface area contributed by atoms with Crippen molar-refractivity contribution in [1.29, 1.82) is 0 Å². The van der Waals surface area contributed by atoms with Crippen molar-refractivity contribution in [2.75, 3.05) is 38.5 Å². The molecule has 2 aliphatic rings. The summed E-state index contributed by atoms with van der Waals surface area (Å²) in [6, 6.07) is 0. The number of rotatable bonds is 3. The summed E-state index contributed by atoms with van der Waals surface area (Å²) in [5.74, 6) is 0.627. The molecule has 0 aromatic carbocycles. The molecule has 0 radical (unpaired) electrons. The Morgan fingerprint density at radius 1 is 1.24 bits per heavy atom. The van der Waals surface area contributed by atoms with Crippen LogP contribution < -0.4 is 5.32 Å². The van der Waals surface area contributed by atoms with Gasteiger partial charge in [0.2, 0.25) is 5.95 Å². The van der Waals surface area contributed by atoms with Crippen molar-refractivity contribution in [3.63, 3.8) is 0 Å². The lowest BCUT2D eigenvalue weighted by Gasteiger charge is -2.29. The van der Waals surface area contributed by atoms with Gasteiger partial charge in [0.1, 0.15) is 5.69 Å². The van der Waals surface area contributed by atoms with Crippen molar-refractivity contribution >= 4 is 11.9 Å². The number of anilines is 1. The molecule has 3 heterocycles. The van der Waals surface area contributed by atoms with E-state index in [1.165, 1.54) is 0 Å². The van der Waals surface area contributed by atoms with Gasteiger partial charge in [0.25, 0.3) is 5.91 Å². The highest BCUT2D eigenvalue weighted by molar-refractivity contribution is 5.94. The number of likely N-dealkylation sites (N-methyl/N-ethyl adjacent to an activating group) is 1. The molecular formula is C15H23N5O. The summed E-state index contributed by atoms with van der Waals surface area (Å²) < 4.78 is 0. The van der Waals surface area contributed by atoms with Gasteiger partial charge in [0.05, 0.1) is 5.69 Å². The zero-order valence-corrected chi connectivity index (χ0v) is 12.9. The van der Waals surface area contributed by atoms with Crippen LogP contribution in [0.3, 0.4) is 0 Å². The second kappa shape index (κ2) is 5.97. The quantitative estimate of drug-likeness (QED) is 0.904. The van der Waals surface area contributed by atoms with Crippen LogP contribution >= 0.6 is 0 Å². The zero-order chi connectivity index (χ0) is 14.8. The molecule has 1 amide bonds. The van der Waals surface area contributed by atoms with Crippen LogP contribution in [0.5, 0.6) is 0 Å². The first kappa shape index (κ1) is 14.3. The van der Waals surface area contributed by atoms with Gasteiger partial charge in [0.15, 0.2) is 0 Å². The van der Waals surface area contributed by atoms with Gasteiger partial charge in [-0.25, -0.2) is 9.97 Å². The Morgan fingerprint density at radius 2 is 2.00 bits per heavy atom. The topological polar surface area (TPSA) is 61.4 Å². The second-order valence-electron chi connectivity index (χ2n) is 5.69. The van der Waals surface area contributed by atoms with E-state index in [1.807, 2.05) is 4.90 Å². The molecule has 0 spiro atoms. The number of hydrogen-bond acceptors (Lipinski definition) is 5. The van der Waals surface area contributed by atoms with Gasteiger partial charge >= 0.3 is 0 Å². The number of carbonyl (C=O) groups is 1. The molecule has 114 valence electrons. The summed E-state index contributed by atoms with van der Waals surface area (Å²) >= 11 is 0. The number of amides is 1. The van der Waals surface area contributed by atoms with E-state index in [4.69, 9.17) is 0 Å². The molecule has 0 unspecified atom stereocenters. The van der Waals surface area contributed by atoms with Crippen molar-refractivity contribution in [2.45, 2.75) is 32.7 Å². The van der Waals surface area contributed by atoms with Crippen LogP contribution in [0.2, 0.25) is 0 Å². The van der Waals surface area contributed by atoms with Crippen LogP contribution in [0, 0.1) is 0 Å². The standard InChI is InChI=1S/C15H23N5O/c1-3-19-9-6-12-11(10-19)13(18-15(16-2)17-12)14(21)20-7-4-5-8-20/h3-10H2,1-2H3,(H,16,17,18). The molecule has 2 aliphatic heterocycles. The van der Waals surface area contributed by atoms with Crippen molar-refractivity contribution in [2.24, 2.45) is 0 Å². The predicted molar refractivity (Wildman–Crippen MR) is 81.4 cm³/mol. The van der Waals surface area contributed by atoms with E-state index in [9.17, 15) is 4.79 Å². The SMILES string of the molecule is CCN1CCc2nc(NC)nc(C(=O)N3CCCC3)c2C1. The third-order valence-corrected chi connectivity index (χ3v) is 4.41. The summed E-state index contributed by atoms with van der Waals surface area (Å²) in [6.45, 7) is 6.63. The maximum Gasteiger partial charge on any atom is 0.273 e. The molecule has 0 atom stereocenters. The van der Waals surface area contributed by atoms with Gasteiger partial charge < -0.3 is 10.2 Å². The monoisotopic (exact) mass is 289 g/mol. The van der Waals surface area contributed by atoms with Crippen molar-refractivity contribution < 1.29 is 4.79 Å². The van der Waals surface area contributed by atoms with E-state index in [1.54, 1.807) is 7.05 Å². The molecule has 6 nitrogen and oxygen atoms in total. The molecule has 3 rings (SSSR count). The highest BCUT2D eigenvalue weighted by Gasteiger charge is 2.28. The van der Waals surface area contributed by atoms with Crippen LogP contribution in [0.25, 0.3) is 0 Å². The molecule has 1 aromatic rings. The van der Waals surface area contributed by atoms with Crippen molar-refractivity contribution in [3.05, 3.63) is 17.0 Å². The van der Waals surface area contributed by atoms with E-state index in [-0.39, 0.29) is 5.91 Å². The van der Waals surface area contributed by atoms with Crippen LogP contribution in [0.15, 0.2) is 0 Å². The summed E-state index contributed by atoms with van der Waals surface area (Å²) in [6.07, 6.45) is 3.08. The number of likely N-dealkylation sites (tertiary alicyclic amines) is 1. The second-order valence-corrected chi connectivity index (χ2v) is 5.69. The number of nitrogens with one attached hydrogen (secondary N) is 1. The molecule has 21 heavy (non-hydrogen) atoms. The average molecular weight is 289 g/mol. The zero-order valence-electron chi connectivity index (χ0n) is 12.9. The Hall–Kier alpha value is -1.69. The highest BCUT2D eigenvalue weighted by Crippen LogP contribution is 2.23. The molecule has 0 saturated carbocycles. The number of aromatic nitrogens is 2. The van der Waals surface area contributed by atoms with Crippen LogP contribution in [-0.2, 0) is 13.0 Å². The molecule has 1 aromatic heterocycles. The van der Waals surface area contributed by atoms with Crippen molar-refractivity contribution in [1.82, 2.24) is 19.8 Å². The maximum absolute atomic E-state index is 12.8. The Kier molecular flexibility index (Phi) is 4.05. The predicted octanol–water partition coefficient (Wildman–Crippen LogP) is 1.13. The first-order valence-electron chi connectivity index (χ1n) is 7.82. The fourth-order valence-corrected chi connectivity index (χ4v) is 3.10. The molecule has 0 bridgehead atoms. The molecule has 1 fully saturated rings. The molecule has 0 aliphatic carbocycles. The van der Waals surface area contributed by atoms with E-state index in [2.05, 4.69) is 27.1 Å². The van der Waals surface area contributed by atoms with Crippen LogP contribution in [-0.4, -0.2) is 58.9 Å². The minimum atomic E-state index is 0.0700. The van der Waals surface area contributed by atoms with E-state index < -0.39 is 0 Å². The molecule has 1 N–H and O–H groups in total. The van der Waals surface area contributed by atoms with Gasteiger partial charge in [-0.3, -0.25) is 9.69 Å². The largest absolute Gasteiger partial charge is 0.357 e. The first-order chi connectivity index (χ1) is 10.2. The fourth-order valence-electron chi connectivity index (χ4n) is 3.10. The smallest absolute Gasteiger partial charge is 0.273 e. The summed E-state index contributed by atoms with van der Waals surface area (Å²) in [7, 11) is 1.80. The van der Waals surface area contributed by atoms with Gasteiger partial charge in [-0.15, -0.1) is 0 Å². The number of fused-ring (bicyclic) bond motifs is 1. The van der Waals surface area contributed by atoms with E-state index >= 15 is 0 Å². The minimum absolute atomic E-state index is 0.0700. The van der Waals surface area contributed by atoms with Gasteiger partial charge in [-0.2, -0.15) is 0 Å². The number of hydrogen-bond donors (Lipinski definition) is 1. The minimum Gasteiger partial charge on any atom is -0.357 e. The normalized spacial score (nSPS) is 18.7. The first-order valence-corrected chi connectivity index (χ1v) is 7.82. The van der Waals surface area contributed by atoms with Gasteiger partial charge in [0, 0.05) is 45.2 Å². The Labute approximate surface area is 125 Å². The third kappa shape index (κ3) is 2.72. The van der Waals surface area contributed by atoms with E-state index in [0.29, 0.717) is 11.6 Å². The number of nitrogens with zero attached hydrogens (tertiary/aromatic N) is 4. The van der Waals surface area contributed by atoms with Crippen molar-refractivity contribution in [3.8, 4) is 0 Å². The van der Waals surface area contributed by atoms with Gasteiger partial charge in [-0.05, 0) is 19.4 Å². The summed E-state index contributed by atoms with van der Waals surface area (Å²) in [5.41, 5.74) is 2.66. The molecular weight excluding hydrogens is 266 g/mol. The Bertz CT molecular complexity index is 539. The van der Waals surface area contributed by atoms with Gasteiger partial charge in [-0.1, -0.05) is 6.92 Å². The number of carbonyl (C=O) groups excluding carboxylic acids is 1. The average Bonchev–Trinajstić information content (AvgIpc) is 3.07. The Morgan fingerprint density at radius 3 is 2.67 bits per heavy atom. The third-order valence-electron chi connectivity index (χ3n) is 4.41. The van der Waals surface area contributed by atoms with E-state index in [0.717, 1.165) is 63.2 Å².